The minimum atomic E-state index is -0.871. The first-order valence-electron chi connectivity index (χ1n) is 12.2. The van der Waals surface area contributed by atoms with Gasteiger partial charge in [-0.15, -0.1) is 5.10 Å². The maximum absolute atomic E-state index is 14.0. The van der Waals surface area contributed by atoms with Crippen molar-refractivity contribution in [3.8, 4) is 0 Å². The maximum Gasteiger partial charge on any atom is 0.249 e. The van der Waals surface area contributed by atoms with E-state index in [1.807, 2.05) is 56.3 Å². The smallest absolute Gasteiger partial charge is 0.249 e. The fourth-order valence-electron chi connectivity index (χ4n) is 4.10. The molecule has 2 heterocycles. The third kappa shape index (κ3) is 5.59. The SMILES string of the molecule is Cc1ccc(N(C(=O)Cn2nnc3ccccc32)[C@H](C(=O)NCCC(C)C)c2ccncc2)cc1C. The number of carbonyl (C=O) groups is 2. The molecule has 0 spiro atoms. The highest BCUT2D eigenvalue weighted by Crippen LogP contribution is 2.30. The monoisotopic (exact) mass is 484 g/mol. The summed E-state index contributed by atoms with van der Waals surface area (Å²) in [6.07, 6.45) is 4.12. The van der Waals surface area contributed by atoms with Crippen LogP contribution in [0.5, 0.6) is 0 Å². The predicted octanol–water partition coefficient (Wildman–Crippen LogP) is 4.38. The Hall–Kier alpha value is -4.07. The summed E-state index contributed by atoms with van der Waals surface area (Å²) in [4.78, 5) is 33.3. The second kappa shape index (κ2) is 11.1. The second-order valence-electron chi connectivity index (χ2n) is 9.42. The fourth-order valence-corrected chi connectivity index (χ4v) is 4.10. The van der Waals surface area contributed by atoms with Gasteiger partial charge in [0.1, 0.15) is 18.1 Å². The van der Waals surface area contributed by atoms with Crippen molar-refractivity contribution in [2.24, 2.45) is 5.92 Å². The first-order chi connectivity index (χ1) is 17.3. The third-order valence-electron chi connectivity index (χ3n) is 6.29. The van der Waals surface area contributed by atoms with E-state index >= 15 is 0 Å². The molecular weight excluding hydrogens is 452 g/mol. The summed E-state index contributed by atoms with van der Waals surface area (Å²) >= 11 is 0. The molecule has 0 bridgehead atoms. The van der Waals surface area contributed by atoms with Crippen LogP contribution in [0.1, 0.15) is 43.0 Å². The molecule has 8 nitrogen and oxygen atoms in total. The first-order valence-corrected chi connectivity index (χ1v) is 12.2. The number of nitrogens with one attached hydrogen (secondary N) is 1. The number of nitrogens with zero attached hydrogens (tertiary/aromatic N) is 5. The number of aryl methyl sites for hydroxylation is 2. The summed E-state index contributed by atoms with van der Waals surface area (Å²) in [6, 6.07) is 16.0. The Morgan fingerprint density at radius 3 is 2.47 bits per heavy atom. The summed E-state index contributed by atoms with van der Waals surface area (Å²) in [5, 5.41) is 11.4. The average molecular weight is 485 g/mol. The van der Waals surface area contributed by atoms with E-state index in [4.69, 9.17) is 0 Å². The van der Waals surface area contributed by atoms with Crippen molar-refractivity contribution in [3.05, 3.63) is 83.7 Å². The molecular formula is C28H32N6O2. The lowest BCUT2D eigenvalue weighted by Crippen LogP contribution is -2.45. The van der Waals surface area contributed by atoms with Gasteiger partial charge in [0, 0.05) is 24.6 Å². The topological polar surface area (TPSA) is 93.0 Å². The summed E-state index contributed by atoms with van der Waals surface area (Å²) in [5.74, 6) is -0.0608. The standard InChI is InChI=1S/C28H32N6O2/c1-19(2)11-16-30-28(36)27(22-12-14-29-15-13-22)34(23-10-9-20(3)21(4)17-23)26(35)18-33-25-8-6-5-7-24(25)31-32-33/h5-10,12-15,17,19,27H,11,16,18H2,1-4H3,(H,30,36)/t27-/m0/s1. The van der Waals surface area contributed by atoms with Crippen molar-refractivity contribution in [2.45, 2.75) is 46.7 Å². The van der Waals surface area contributed by atoms with Gasteiger partial charge in [0.2, 0.25) is 11.8 Å². The summed E-state index contributed by atoms with van der Waals surface area (Å²) in [5.41, 5.74) is 4.93. The molecule has 36 heavy (non-hydrogen) atoms. The number of fused-ring (bicyclic) bond motifs is 1. The molecule has 0 fully saturated rings. The van der Waals surface area contributed by atoms with E-state index in [0.29, 0.717) is 29.2 Å². The van der Waals surface area contributed by atoms with E-state index in [-0.39, 0.29) is 18.4 Å². The zero-order chi connectivity index (χ0) is 25.7. The average Bonchev–Trinajstić information content (AvgIpc) is 3.27. The van der Waals surface area contributed by atoms with Crippen LogP contribution in [0, 0.1) is 19.8 Å². The van der Waals surface area contributed by atoms with Gasteiger partial charge in [0.25, 0.3) is 0 Å². The number of rotatable bonds is 9. The van der Waals surface area contributed by atoms with Crippen LogP contribution < -0.4 is 10.2 Å². The van der Waals surface area contributed by atoms with E-state index < -0.39 is 6.04 Å². The molecule has 0 unspecified atom stereocenters. The lowest BCUT2D eigenvalue weighted by molar-refractivity contribution is -0.127. The van der Waals surface area contributed by atoms with Crippen molar-refractivity contribution in [2.75, 3.05) is 11.4 Å². The Balaban J connectivity index is 1.77. The van der Waals surface area contributed by atoms with Gasteiger partial charge in [0.15, 0.2) is 0 Å². The number of pyridine rings is 1. The molecule has 2 aromatic heterocycles. The van der Waals surface area contributed by atoms with Gasteiger partial charge in [-0.05, 0) is 79.3 Å². The van der Waals surface area contributed by atoms with Crippen LogP contribution in [0.2, 0.25) is 0 Å². The Kier molecular flexibility index (Phi) is 7.73. The zero-order valence-corrected chi connectivity index (χ0v) is 21.2. The minimum Gasteiger partial charge on any atom is -0.354 e. The summed E-state index contributed by atoms with van der Waals surface area (Å²) in [7, 11) is 0. The van der Waals surface area contributed by atoms with Gasteiger partial charge in [-0.2, -0.15) is 0 Å². The molecule has 2 aromatic carbocycles. The molecule has 1 atom stereocenters. The molecule has 8 heteroatoms. The van der Waals surface area contributed by atoms with Crippen LogP contribution in [0.4, 0.5) is 5.69 Å². The van der Waals surface area contributed by atoms with Gasteiger partial charge in [-0.1, -0.05) is 37.3 Å². The van der Waals surface area contributed by atoms with E-state index in [1.165, 1.54) is 0 Å². The number of para-hydroxylation sites is 1. The van der Waals surface area contributed by atoms with Gasteiger partial charge in [0.05, 0.1) is 5.52 Å². The van der Waals surface area contributed by atoms with Crippen LogP contribution in [0.15, 0.2) is 67.0 Å². The molecule has 0 aliphatic rings. The molecule has 2 amide bonds. The Morgan fingerprint density at radius 2 is 1.75 bits per heavy atom. The second-order valence-corrected chi connectivity index (χ2v) is 9.42. The van der Waals surface area contributed by atoms with Crippen LogP contribution in [0.3, 0.4) is 0 Å². The Bertz CT molecular complexity index is 1350. The van der Waals surface area contributed by atoms with Gasteiger partial charge >= 0.3 is 0 Å². The first kappa shape index (κ1) is 25.0. The number of carbonyl (C=O) groups excluding carboxylic acids is 2. The number of aromatic nitrogens is 4. The quantitative estimate of drug-likeness (QED) is 0.381. The van der Waals surface area contributed by atoms with Crippen LogP contribution in [0.25, 0.3) is 11.0 Å². The molecule has 0 saturated heterocycles. The Morgan fingerprint density at radius 1 is 1.00 bits per heavy atom. The van der Waals surface area contributed by atoms with Gasteiger partial charge < -0.3 is 5.32 Å². The minimum absolute atomic E-state index is 0.0612. The van der Waals surface area contributed by atoms with Crippen molar-refractivity contribution >= 4 is 28.5 Å². The maximum atomic E-state index is 14.0. The van der Waals surface area contributed by atoms with Crippen LogP contribution >= 0.6 is 0 Å². The van der Waals surface area contributed by atoms with Crippen molar-refractivity contribution in [1.29, 1.82) is 0 Å². The van der Waals surface area contributed by atoms with E-state index in [0.717, 1.165) is 23.1 Å². The largest absolute Gasteiger partial charge is 0.354 e. The fraction of sp³-hybridized carbons (Fsp3) is 0.321. The molecule has 4 rings (SSSR count). The van der Waals surface area contributed by atoms with E-state index in [1.54, 1.807) is 34.1 Å². The Labute approximate surface area is 211 Å². The van der Waals surface area contributed by atoms with Crippen molar-refractivity contribution in [3.63, 3.8) is 0 Å². The zero-order valence-electron chi connectivity index (χ0n) is 21.2. The lowest BCUT2D eigenvalue weighted by atomic mass is 10.0. The third-order valence-corrected chi connectivity index (χ3v) is 6.29. The number of hydrogen-bond donors (Lipinski definition) is 1. The van der Waals surface area contributed by atoms with Gasteiger partial charge in [-0.3, -0.25) is 19.5 Å². The van der Waals surface area contributed by atoms with Crippen molar-refractivity contribution in [1.82, 2.24) is 25.3 Å². The highest BCUT2D eigenvalue weighted by molar-refractivity contribution is 6.01. The van der Waals surface area contributed by atoms with Crippen LogP contribution in [-0.4, -0.2) is 38.3 Å². The van der Waals surface area contributed by atoms with Gasteiger partial charge in [-0.25, -0.2) is 4.68 Å². The highest BCUT2D eigenvalue weighted by Gasteiger charge is 2.33. The predicted molar refractivity (Wildman–Crippen MR) is 140 cm³/mol. The molecule has 1 N–H and O–H groups in total. The van der Waals surface area contributed by atoms with E-state index in [9.17, 15) is 9.59 Å². The van der Waals surface area contributed by atoms with Crippen LogP contribution in [-0.2, 0) is 16.1 Å². The normalized spacial score (nSPS) is 12.0. The molecule has 0 radical (unpaired) electrons. The molecule has 4 aromatic rings. The molecule has 0 aliphatic heterocycles. The summed E-state index contributed by atoms with van der Waals surface area (Å²) < 4.78 is 1.58. The highest BCUT2D eigenvalue weighted by atomic mass is 16.2. The molecule has 0 aliphatic carbocycles. The number of anilines is 1. The molecule has 186 valence electrons. The summed E-state index contributed by atoms with van der Waals surface area (Å²) in [6.45, 7) is 8.71. The number of benzene rings is 2. The van der Waals surface area contributed by atoms with E-state index in [2.05, 4.69) is 34.5 Å². The number of hydrogen-bond acceptors (Lipinski definition) is 5. The lowest BCUT2D eigenvalue weighted by Gasteiger charge is -2.32. The molecule has 0 saturated carbocycles. The van der Waals surface area contributed by atoms with Crippen molar-refractivity contribution < 1.29 is 9.59 Å². The number of amides is 2.